The van der Waals surface area contributed by atoms with Gasteiger partial charge in [0.1, 0.15) is 23.6 Å². The fourth-order valence-electron chi connectivity index (χ4n) is 6.38. The van der Waals surface area contributed by atoms with Gasteiger partial charge in [0.15, 0.2) is 22.9 Å². The second kappa shape index (κ2) is 11.8. The van der Waals surface area contributed by atoms with Gasteiger partial charge in [-0.15, -0.1) is 0 Å². The fourth-order valence-corrected chi connectivity index (χ4v) is 6.54. The maximum absolute atomic E-state index is 14.8. The zero-order chi connectivity index (χ0) is 33.1. The van der Waals surface area contributed by atoms with Crippen LogP contribution in [0.1, 0.15) is 65.2 Å². The van der Waals surface area contributed by atoms with Gasteiger partial charge in [-0.3, -0.25) is 4.90 Å². The molecule has 0 saturated carbocycles. The summed E-state index contributed by atoms with van der Waals surface area (Å²) in [4.78, 5) is 21.2. The number of nitrogens with zero attached hydrogens (tertiary/aromatic N) is 4. The quantitative estimate of drug-likeness (QED) is 0.200. The molecule has 0 aliphatic carbocycles. The number of ether oxygens (including phenoxy) is 3. The Labute approximate surface area is 270 Å². The Hall–Kier alpha value is -4.14. The van der Waals surface area contributed by atoms with Crippen LogP contribution >= 0.6 is 11.6 Å². The molecule has 2 fully saturated rings. The maximum Gasteiger partial charge on any atom is 0.435 e. The molecule has 0 spiro atoms. The molecule has 5 heterocycles. The van der Waals surface area contributed by atoms with Crippen LogP contribution in [0, 0.1) is 5.82 Å². The molecule has 15 heteroatoms. The number of hydrogen-bond acceptors (Lipinski definition) is 8. The number of carboxylic acids is 1. The van der Waals surface area contributed by atoms with Crippen molar-refractivity contribution in [2.75, 3.05) is 19.7 Å². The highest BCUT2D eigenvalue weighted by Gasteiger charge is 2.44. The summed E-state index contributed by atoms with van der Waals surface area (Å²) in [6.07, 6.45) is -2.37. The van der Waals surface area contributed by atoms with Crippen LogP contribution in [-0.4, -0.2) is 56.3 Å². The number of carboxylic acid groups (broad SMARTS) is 1. The molecule has 10 nitrogen and oxygen atoms in total. The second-order valence-corrected chi connectivity index (χ2v) is 12.4. The average Bonchev–Trinajstić information content (AvgIpc) is 3.70. The van der Waals surface area contributed by atoms with Gasteiger partial charge in [-0.2, -0.15) is 13.2 Å². The third-order valence-electron chi connectivity index (χ3n) is 8.84. The predicted molar refractivity (Wildman–Crippen MR) is 158 cm³/mol. The zero-order valence-corrected chi connectivity index (χ0v) is 25.8. The topological polar surface area (TPSA) is 112 Å². The Morgan fingerprint density at radius 2 is 1.89 bits per heavy atom. The molecule has 2 aromatic carbocycles. The van der Waals surface area contributed by atoms with Crippen molar-refractivity contribution in [1.82, 2.24) is 19.4 Å². The highest BCUT2D eigenvalue weighted by atomic mass is 35.5. The van der Waals surface area contributed by atoms with E-state index in [1.54, 1.807) is 19.1 Å². The lowest BCUT2D eigenvalue weighted by Gasteiger charge is -2.33. The normalized spacial score (nSPS) is 21.6. The third-order valence-corrected chi connectivity index (χ3v) is 9.08. The minimum atomic E-state index is -4.85. The first-order valence-electron chi connectivity index (χ1n) is 15.1. The van der Waals surface area contributed by atoms with Gasteiger partial charge in [-0.05, 0) is 62.5 Å². The van der Waals surface area contributed by atoms with Gasteiger partial charge in [0.05, 0.1) is 24.8 Å². The molecule has 248 valence electrons. The first-order chi connectivity index (χ1) is 22.4. The number of aromatic nitrogens is 3. The lowest BCUT2D eigenvalue weighted by atomic mass is 9.88. The SMILES string of the molecule is C[C@]1(c2ccc(Cl)cc2F)Oc2cccc(C3CCN(Cc4nc(C(F)(F)F)c(-c5nc(C(=O)O)co5)n4C[C@@H]4CCO4)CC3)c2O1. The first kappa shape index (κ1) is 31.5. The Morgan fingerprint density at radius 1 is 1.13 bits per heavy atom. The summed E-state index contributed by atoms with van der Waals surface area (Å²) in [5, 5.41) is 9.54. The van der Waals surface area contributed by atoms with E-state index in [9.17, 15) is 27.5 Å². The molecule has 0 radical (unpaired) electrons. The third kappa shape index (κ3) is 5.93. The van der Waals surface area contributed by atoms with Crippen LogP contribution in [0.2, 0.25) is 5.02 Å². The monoisotopic (exact) mass is 676 g/mol. The number of carbonyl (C=O) groups is 1. The van der Waals surface area contributed by atoms with Crippen LogP contribution in [0.5, 0.6) is 11.5 Å². The lowest BCUT2D eigenvalue weighted by Crippen LogP contribution is -2.35. The molecular formula is C32H29ClF4N4O6. The Kier molecular flexibility index (Phi) is 7.92. The number of para-hydroxylation sites is 1. The van der Waals surface area contributed by atoms with Gasteiger partial charge in [-0.25, -0.2) is 19.2 Å². The molecule has 3 aliphatic rings. The van der Waals surface area contributed by atoms with E-state index in [1.807, 2.05) is 17.0 Å². The van der Waals surface area contributed by atoms with Gasteiger partial charge in [0.25, 0.3) is 5.79 Å². The van der Waals surface area contributed by atoms with Crippen molar-refractivity contribution in [3.05, 3.63) is 81.8 Å². The number of rotatable bonds is 8. The number of benzene rings is 2. The lowest BCUT2D eigenvalue weighted by molar-refractivity contribution is -0.140. The molecule has 3 aliphatic heterocycles. The van der Waals surface area contributed by atoms with E-state index < -0.39 is 46.7 Å². The van der Waals surface area contributed by atoms with E-state index in [0.717, 1.165) is 11.8 Å². The molecule has 7 rings (SSSR count). The Balaban J connectivity index is 1.12. The molecule has 1 N–H and O–H groups in total. The summed E-state index contributed by atoms with van der Waals surface area (Å²) in [5.41, 5.74) is -1.02. The number of likely N-dealkylation sites (tertiary alicyclic amines) is 1. The molecule has 47 heavy (non-hydrogen) atoms. The summed E-state index contributed by atoms with van der Waals surface area (Å²) >= 11 is 5.94. The molecule has 2 atom stereocenters. The highest BCUT2D eigenvalue weighted by Crippen LogP contribution is 2.50. The van der Waals surface area contributed by atoms with Crippen molar-refractivity contribution in [2.24, 2.45) is 0 Å². The van der Waals surface area contributed by atoms with Crippen LogP contribution in [0.15, 0.2) is 47.1 Å². The number of hydrogen-bond donors (Lipinski definition) is 1. The maximum atomic E-state index is 14.8. The van der Waals surface area contributed by atoms with E-state index in [-0.39, 0.29) is 41.5 Å². The standard InChI is InChI=1S/C32H29ClF4N4O6/c1-31(21-6-5-18(33)13-22(21)34)46-24-4-2-3-20(27(24)47-31)17-7-10-40(11-8-17)15-25-39-28(32(35,36)37)26(41(25)14-19-9-12-44-19)29-38-23(16-45-29)30(42)43/h2-6,13,16-17,19H,7-12,14-15H2,1H3,(H,42,43)/t19-,31-/m0/s1. The van der Waals surface area contributed by atoms with Crippen LogP contribution in [-0.2, 0) is 29.8 Å². The van der Waals surface area contributed by atoms with Crippen molar-refractivity contribution in [2.45, 2.75) is 63.3 Å². The van der Waals surface area contributed by atoms with E-state index in [2.05, 4.69) is 9.97 Å². The number of imidazole rings is 1. The van der Waals surface area contributed by atoms with Crippen molar-refractivity contribution in [3.8, 4) is 23.1 Å². The van der Waals surface area contributed by atoms with Gasteiger partial charge in [0, 0.05) is 24.1 Å². The number of alkyl halides is 3. The number of halogens is 5. The predicted octanol–water partition coefficient (Wildman–Crippen LogP) is 6.86. The summed E-state index contributed by atoms with van der Waals surface area (Å²) in [6.45, 7) is 3.42. The molecule has 0 bridgehead atoms. The van der Waals surface area contributed by atoms with E-state index in [4.69, 9.17) is 30.2 Å². The average molecular weight is 677 g/mol. The van der Waals surface area contributed by atoms with Crippen molar-refractivity contribution in [3.63, 3.8) is 0 Å². The van der Waals surface area contributed by atoms with Crippen LogP contribution in [0.4, 0.5) is 17.6 Å². The summed E-state index contributed by atoms with van der Waals surface area (Å²) in [7, 11) is 0. The van der Waals surface area contributed by atoms with Gasteiger partial charge < -0.3 is 28.3 Å². The molecular weight excluding hydrogens is 648 g/mol. The number of oxazole rings is 1. The fraction of sp³-hybridized carbons (Fsp3) is 0.406. The number of aromatic carboxylic acids is 1. The second-order valence-electron chi connectivity index (χ2n) is 12.0. The smallest absolute Gasteiger partial charge is 0.435 e. The first-order valence-corrected chi connectivity index (χ1v) is 15.4. The number of fused-ring (bicyclic) bond motifs is 1. The van der Waals surface area contributed by atoms with Crippen LogP contribution in [0.3, 0.4) is 0 Å². The highest BCUT2D eigenvalue weighted by molar-refractivity contribution is 6.30. The summed E-state index contributed by atoms with van der Waals surface area (Å²) in [6, 6.07) is 9.87. The van der Waals surface area contributed by atoms with Gasteiger partial charge >= 0.3 is 12.1 Å². The van der Waals surface area contributed by atoms with Gasteiger partial charge in [-0.1, -0.05) is 23.7 Å². The molecule has 4 aromatic rings. The number of piperidine rings is 1. The van der Waals surface area contributed by atoms with Crippen molar-refractivity contribution >= 4 is 17.6 Å². The summed E-state index contributed by atoms with van der Waals surface area (Å²) in [5.74, 6) is -2.62. The molecule has 0 unspecified atom stereocenters. The van der Waals surface area contributed by atoms with E-state index in [0.29, 0.717) is 50.5 Å². The minimum Gasteiger partial charge on any atom is -0.476 e. The Morgan fingerprint density at radius 3 is 2.53 bits per heavy atom. The molecule has 2 aromatic heterocycles. The van der Waals surface area contributed by atoms with E-state index >= 15 is 0 Å². The Bertz CT molecular complexity index is 1830. The van der Waals surface area contributed by atoms with E-state index in [1.165, 1.54) is 16.7 Å². The van der Waals surface area contributed by atoms with Crippen LogP contribution in [0.25, 0.3) is 11.6 Å². The molecule has 0 amide bonds. The molecule has 2 saturated heterocycles. The zero-order valence-electron chi connectivity index (χ0n) is 25.0. The summed E-state index contributed by atoms with van der Waals surface area (Å²) < 4.78 is 82.3. The van der Waals surface area contributed by atoms with Crippen LogP contribution < -0.4 is 9.47 Å². The van der Waals surface area contributed by atoms with Crippen molar-refractivity contribution < 1.29 is 46.1 Å². The van der Waals surface area contributed by atoms with Crippen molar-refractivity contribution in [1.29, 1.82) is 0 Å². The minimum absolute atomic E-state index is 0.0494. The van der Waals surface area contributed by atoms with Gasteiger partial charge in [0.2, 0.25) is 5.89 Å². The largest absolute Gasteiger partial charge is 0.476 e.